The normalized spacial score (nSPS) is 17.0. The van der Waals surface area contributed by atoms with E-state index in [2.05, 4.69) is 21.2 Å². The van der Waals surface area contributed by atoms with Crippen molar-refractivity contribution in [3.63, 3.8) is 0 Å². The van der Waals surface area contributed by atoms with Crippen LogP contribution in [0.25, 0.3) is 0 Å². The number of carbonyl (C=O) groups is 1. The molecule has 1 aromatic heterocycles. The molecule has 122 valence electrons. The molecule has 0 spiro atoms. The molecular formula is C17H19BrN2O3. The highest BCUT2D eigenvalue weighted by Crippen LogP contribution is 2.33. The standard InChI is InChI=1S/C17H19BrN2O3/c18-14-3-1-13(2-4-14)17(5-7-22-8-6-17)20-16(21)12-9-15(10-19)23-11-12/h1-4,9,11H,5-8,10,19H2,(H,20,21). The monoisotopic (exact) mass is 378 g/mol. The molecule has 0 radical (unpaired) electrons. The molecular weight excluding hydrogens is 360 g/mol. The van der Waals surface area contributed by atoms with Crippen LogP contribution in [0.5, 0.6) is 0 Å². The van der Waals surface area contributed by atoms with Crippen molar-refractivity contribution in [2.75, 3.05) is 13.2 Å². The number of ether oxygens (including phenoxy) is 1. The molecule has 2 aromatic rings. The van der Waals surface area contributed by atoms with E-state index in [9.17, 15) is 4.79 Å². The Morgan fingerprint density at radius 1 is 1.26 bits per heavy atom. The van der Waals surface area contributed by atoms with Gasteiger partial charge in [-0.2, -0.15) is 0 Å². The Balaban J connectivity index is 1.86. The van der Waals surface area contributed by atoms with Crippen LogP contribution in [0.15, 0.2) is 45.5 Å². The van der Waals surface area contributed by atoms with Gasteiger partial charge in [0.2, 0.25) is 0 Å². The molecule has 3 N–H and O–H groups in total. The van der Waals surface area contributed by atoms with Crippen LogP contribution in [0.2, 0.25) is 0 Å². The Hall–Kier alpha value is -1.63. The predicted octanol–water partition coefficient (Wildman–Crippen LogP) is 2.94. The average Bonchev–Trinajstić information content (AvgIpc) is 3.05. The first-order valence-electron chi connectivity index (χ1n) is 7.57. The van der Waals surface area contributed by atoms with Gasteiger partial charge < -0.3 is 20.2 Å². The van der Waals surface area contributed by atoms with Crippen molar-refractivity contribution in [2.45, 2.75) is 24.9 Å². The first-order valence-corrected chi connectivity index (χ1v) is 8.36. The van der Waals surface area contributed by atoms with Crippen LogP contribution in [0, 0.1) is 0 Å². The zero-order valence-electron chi connectivity index (χ0n) is 12.7. The summed E-state index contributed by atoms with van der Waals surface area (Å²) in [6.45, 7) is 1.52. The fourth-order valence-corrected chi connectivity index (χ4v) is 3.14. The lowest BCUT2D eigenvalue weighted by Gasteiger charge is -2.38. The summed E-state index contributed by atoms with van der Waals surface area (Å²) >= 11 is 3.45. The predicted molar refractivity (Wildman–Crippen MR) is 89.9 cm³/mol. The van der Waals surface area contributed by atoms with Crippen LogP contribution >= 0.6 is 15.9 Å². The molecule has 0 unspecified atom stereocenters. The highest BCUT2D eigenvalue weighted by Gasteiger charge is 2.36. The first kappa shape index (κ1) is 16.2. The van der Waals surface area contributed by atoms with Gasteiger partial charge in [-0.3, -0.25) is 4.79 Å². The summed E-state index contributed by atoms with van der Waals surface area (Å²) < 4.78 is 11.8. The van der Waals surface area contributed by atoms with Crippen LogP contribution in [0.4, 0.5) is 0 Å². The first-order chi connectivity index (χ1) is 11.1. The van der Waals surface area contributed by atoms with Gasteiger partial charge in [-0.25, -0.2) is 0 Å². The number of nitrogens with one attached hydrogen (secondary N) is 1. The maximum atomic E-state index is 12.6. The van der Waals surface area contributed by atoms with Gasteiger partial charge in [-0.15, -0.1) is 0 Å². The van der Waals surface area contributed by atoms with Gasteiger partial charge in [0.25, 0.3) is 5.91 Å². The molecule has 3 rings (SSSR count). The molecule has 0 atom stereocenters. The van der Waals surface area contributed by atoms with E-state index in [1.807, 2.05) is 24.3 Å². The number of hydrogen-bond donors (Lipinski definition) is 2. The average molecular weight is 379 g/mol. The Labute approximate surface area is 143 Å². The number of carbonyl (C=O) groups excluding carboxylic acids is 1. The van der Waals surface area contributed by atoms with Crippen LogP contribution in [0.3, 0.4) is 0 Å². The van der Waals surface area contributed by atoms with Gasteiger partial charge in [-0.1, -0.05) is 28.1 Å². The molecule has 1 amide bonds. The van der Waals surface area contributed by atoms with E-state index in [0.717, 1.165) is 22.9 Å². The number of amides is 1. The van der Waals surface area contributed by atoms with Crippen LogP contribution in [0.1, 0.15) is 34.5 Å². The van der Waals surface area contributed by atoms with Crippen molar-refractivity contribution >= 4 is 21.8 Å². The third-order valence-corrected chi connectivity index (χ3v) is 4.74. The van der Waals surface area contributed by atoms with E-state index >= 15 is 0 Å². The van der Waals surface area contributed by atoms with Crippen LogP contribution in [-0.2, 0) is 16.8 Å². The maximum absolute atomic E-state index is 12.6. The van der Waals surface area contributed by atoms with Crippen molar-refractivity contribution in [2.24, 2.45) is 5.73 Å². The summed E-state index contributed by atoms with van der Waals surface area (Å²) in [6, 6.07) is 9.74. The lowest BCUT2D eigenvalue weighted by molar-refractivity contribution is 0.0345. The number of nitrogens with two attached hydrogens (primary N) is 1. The van der Waals surface area contributed by atoms with Crippen molar-refractivity contribution in [1.82, 2.24) is 5.32 Å². The van der Waals surface area contributed by atoms with E-state index in [4.69, 9.17) is 14.9 Å². The molecule has 1 aromatic carbocycles. The summed E-state index contributed by atoms with van der Waals surface area (Å²) in [4.78, 5) is 12.6. The second kappa shape index (κ2) is 6.86. The summed E-state index contributed by atoms with van der Waals surface area (Å²) in [7, 11) is 0. The number of benzene rings is 1. The smallest absolute Gasteiger partial charge is 0.255 e. The molecule has 5 nitrogen and oxygen atoms in total. The largest absolute Gasteiger partial charge is 0.467 e. The Kier molecular flexibility index (Phi) is 4.84. The van der Waals surface area contributed by atoms with Gasteiger partial charge in [0, 0.05) is 17.7 Å². The highest BCUT2D eigenvalue weighted by atomic mass is 79.9. The second-order valence-electron chi connectivity index (χ2n) is 5.66. The number of rotatable bonds is 4. The molecule has 1 aliphatic rings. The molecule has 1 fully saturated rings. The lowest BCUT2D eigenvalue weighted by atomic mass is 9.82. The Morgan fingerprint density at radius 3 is 2.57 bits per heavy atom. The van der Waals surface area contributed by atoms with E-state index in [1.165, 1.54) is 6.26 Å². The molecule has 0 saturated carbocycles. The molecule has 6 heteroatoms. The van der Waals surface area contributed by atoms with Gasteiger partial charge in [-0.05, 0) is 36.6 Å². The van der Waals surface area contributed by atoms with E-state index < -0.39 is 5.54 Å². The van der Waals surface area contributed by atoms with Crippen LogP contribution in [-0.4, -0.2) is 19.1 Å². The molecule has 2 heterocycles. The summed E-state index contributed by atoms with van der Waals surface area (Å²) in [6.07, 6.45) is 2.93. The molecule has 0 aliphatic carbocycles. The van der Waals surface area contributed by atoms with E-state index in [1.54, 1.807) is 6.07 Å². The van der Waals surface area contributed by atoms with Crippen molar-refractivity contribution < 1.29 is 13.9 Å². The fourth-order valence-electron chi connectivity index (χ4n) is 2.87. The Bertz CT molecular complexity index is 675. The topological polar surface area (TPSA) is 77.5 Å². The molecule has 23 heavy (non-hydrogen) atoms. The number of halogens is 1. The molecule has 1 saturated heterocycles. The van der Waals surface area contributed by atoms with Crippen molar-refractivity contribution in [3.8, 4) is 0 Å². The van der Waals surface area contributed by atoms with E-state index in [-0.39, 0.29) is 12.5 Å². The van der Waals surface area contributed by atoms with Gasteiger partial charge in [0.05, 0.1) is 17.6 Å². The number of hydrogen-bond acceptors (Lipinski definition) is 4. The zero-order chi connectivity index (χ0) is 16.3. The summed E-state index contributed by atoms with van der Waals surface area (Å²) in [5, 5.41) is 3.19. The lowest BCUT2D eigenvalue weighted by Crippen LogP contribution is -2.49. The van der Waals surface area contributed by atoms with E-state index in [0.29, 0.717) is 24.5 Å². The summed E-state index contributed by atoms with van der Waals surface area (Å²) in [5.74, 6) is 0.443. The number of furan rings is 1. The quantitative estimate of drug-likeness (QED) is 0.857. The minimum absolute atomic E-state index is 0.154. The SMILES string of the molecule is NCc1cc(C(=O)NC2(c3ccc(Br)cc3)CCOCC2)co1. The molecule has 1 aliphatic heterocycles. The van der Waals surface area contributed by atoms with Gasteiger partial charge in [0.1, 0.15) is 12.0 Å². The highest BCUT2D eigenvalue weighted by molar-refractivity contribution is 9.10. The third-order valence-electron chi connectivity index (χ3n) is 4.21. The third kappa shape index (κ3) is 3.49. The van der Waals surface area contributed by atoms with Crippen LogP contribution < -0.4 is 11.1 Å². The zero-order valence-corrected chi connectivity index (χ0v) is 14.3. The minimum Gasteiger partial charge on any atom is -0.467 e. The van der Waals surface area contributed by atoms with Crippen molar-refractivity contribution in [3.05, 3.63) is 58.0 Å². The fraction of sp³-hybridized carbons (Fsp3) is 0.353. The van der Waals surface area contributed by atoms with Gasteiger partial charge in [0.15, 0.2) is 0 Å². The Morgan fingerprint density at radius 2 is 1.96 bits per heavy atom. The summed E-state index contributed by atoms with van der Waals surface area (Å²) in [5.41, 5.74) is 6.69. The van der Waals surface area contributed by atoms with Crippen molar-refractivity contribution in [1.29, 1.82) is 0 Å². The molecule has 0 bridgehead atoms. The van der Waals surface area contributed by atoms with Gasteiger partial charge >= 0.3 is 0 Å². The minimum atomic E-state index is -0.420. The second-order valence-corrected chi connectivity index (χ2v) is 6.58. The maximum Gasteiger partial charge on any atom is 0.255 e.